The standard InChI is InChI=1S/C29H29FN4O3S/c1-37-24-8-4-7-21(17-24)26-19-38-29(34(26)23-11-9-22(30)10-12-23)25(18-31)28(36)33-15-13-32(14-16-33)27(35)20-5-2-3-6-20/h4,7-12,17,19-20H,2-3,5-6,13-16H2,1H3/b29-25-. The quantitative estimate of drug-likeness (QED) is 0.399. The molecular formula is C29H29FN4O3S. The highest BCUT2D eigenvalue weighted by Crippen LogP contribution is 2.45. The van der Waals surface area contributed by atoms with Gasteiger partial charge >= 0.3 is 0 Å². The van der Waals surface area contributed by atoms with Crippen molar-refractivity contribution in [3.63, 3.8) is 0 Å². The minimum atomic E-state index is -0.375. The first-order valence-corrected chi connectivity index (χ1v) is 13.7. The summed E-state index contributed by atoms with van der Waals surface area (Å²) in [6, 6.07) is 15.6. The molecule has 7 nitrogen and oxygen atoms in total. The van der Waals surface area contributed by atoms with Gasteiger partial charge in [-0.25, -0.2) is 4.39 Å². The highest BCUT2D eigenvalue weighted by Gasteiger charge is 2.35. The Kier molecular flexibility index (Phi) is 7.70. The Hall–Kier alpha value is -3.77. The number of nitriles is 1. The zero-order chi connectivity index (χ0) is 26.6. The van der Waals surface area contributed by atoms with Crippen molar-refractivity contribution < 1.29 is 18.7 Å². The number of hydrogen-bond acceptors (Lipinski definition) is 6. The smallest absolute Gasteiger partial charge is 0.267 e. The van der Waals surface area contributed by atoms with Crippen molar-refractivity contribution in [2.45, 2.75) is 25.7 Å². The fraction of sp³-hybridized carbons (Fsp3) is 0.345. The van der Waals surface area contributed by atoms with Crippen LogP contribution in [0.3, 0.4) is 0 Å². The number of carbonyl (C=O) groups is 2. The van der Waals surface area contributed by atoms with Crippen molar-refractivity contribution in [3.05, 3.63) is 75.9 Å². The Morgan fingerprint density at radius 3 is 2.37 bits per heavy atom. The second-order valence-corrected chi connectivity index (χ2v) is 10.4. The Labute approximate surface area is 226 Å². The fourth-order valence-electron chi connectivity index (χ4n) is 5.23. The summed E-state index contributed by atoms with van der Waals surface area (Å²) in [6.45, 7) is 1.70. The number of methoxy groups -OCH3 is 1. The zero-order valence-electron chi connectivity index (χ0n) is 21.2. The number of amides is 2. The molecule has 1 aliphatic carbocycles. The van der Waals surface area contributed by atoms with Crippen molar-refractivity contribution >= 4 is 35.0 Å². The molecule has 2 aromatic rings. The van der Waals surface area contributed by atoms with E-state index >= 15 is 0 Å². The predicted octanol–water partition coefficient (Wildman–Crippen LogP) is 4.98. The molecule has 0 radical (unpaired) electrons. The molecule has 0 N–H and O–H groups in total. The minimum absolute atomic E-state index is 0.0176. The predicted molar refractivity (Wildman–Crippen MR) is 145 cm³/mol. The molecule has 2 fully saturated rings. The van der Waals surface area contributed by atoms with E-state index < -0.39 is 0 Å². The van der Waals surface area contributed by atoms with Crippen molar-refractivity contribution in [2.75, 3.05) is 38.2 Å². The molecule has 38 heavy (non-hydrogen) atoms. The Morgan fingerprint density at radius 1 is 1.03 bits per heavy atom. The normalized spacial score (nSPS) is 19.3. The van der Waals surface area contributed by atoms with Crippen molar-refractivity contribution in [1.29, 1.82) is 5.26 Å². The number of nitrogens with zero attached hydrogens (tertiary/aromatic N) is 4. The molecule has 2 heterocycles. The van der Waals surface area contributed by atoms with Crippen LogP contribution in [0, 0.1) is 23.1 Å². The van der Waals surface area contributed by atoms with Gasteiger partial charge in [0.25, 0.3) is 5.91 Å². The molecular weight excluding hydrogens is 503 g/mol. The van der Waals surface area contributed by atoms with Crippen LogP contribution < -0.4 is 9.64 Å². The first kappa shape index (κ1) is 25.9. The van der Waals surface area contributed by atoms with Crippen LogP contribution in [-0.2, 0) is 9.59 Å². The second kappa shape index (κ2) is 11.3. The third kappa shape index (κ3) is 5.14. The van der Waals surface area contributed by atoms with Gasteiger partial charge in [0.15, 0.2) is 0 Å². The van der Waals surface area contributed by atoms with Crippen LogP contribution in [0.5, 0.6) is 5.75 Å². The van der Waals surface area contributed by atoms with Gasteiger partial charge < -0.3 is 19.4 Å². The van der Waals surface area contributed by atoms with Crippen LogP contribution in [0.15, 0.2) is 64.5 Å². The summed E-state index contributed by atoms with van der Waals surface area (Å²) in [5.41, 5.74) is 2.24. The van der Waals surface area contributed by atoms with Crippen LogP contribution >= 0.6 is 11.8 Å². The molecule has 2 aliphatic heterocycles. The number of halogens is 1. The molecule has 0 spiro atoms. The Morgan fingerprint density at radius 2 is 1.71 bits per heavy atom. The summed E-state index contributed by atoms with van der Waals surface area (Å²) < 4.78 is 19.2. The van der Waals surface area contributed by atoms with E-state index in [1.807, 2.05) is 39.5 Å². The Bertz CT molecular complexity index is 1320. The third-order valence-corrected chi connectivity index (χ3v) is 8.25. The van der Waals surface area contributed by atoms with E-state index in [2.05, 4.69) is 6.07 Å². The van der Waals surface area contributed by atoms with Gasteiger partial charge in [0.1, 0.15) is 28.2 Å². The molecule has 2 amide bonds. The van der Waals surface area contributed by atoms with Gasteiger partial charge in [-0.2, -0.15) is 5.26 Å². The largest absolute Gasteiger partial charge is 0.497 e. The summed E-state index contributed by atoms with van der Waals surface area (Å²) in [5.74, 6) is 0.227. The number of hydrogen-bond donors (Lipinski definition) is 0. The van der Waals surface area contributed by atoms with Gasteiger partial charge in [0.05, 0.1) is 12.8 Å². The lowest BCUT2D eigenvalue weighted by molar-refractivity contribution is -0.140. The summed E-state index contributed by atoms with van der Waals surface area (Å²) >= 11 is 1.29. The second-order valence-electron chi connectivity index (χ2n) is 9.56. The third-order valence-electron chi connectivity index (χ3n) is 7.30. The van der Waals surface area contributed by atoms with E-state index in [0.717, 1.165) is 36.9 Å². The number of thioether (sulfide) groups is 1. The number of rotatable bonds is 5. The van der Waals surface area contributed by atoms with Crippen LogP contribution in [0.25, 0.3) is 5.70 Å². The first-order valence-electron chi connectivity index (χ1n) is 12.8. The first-order chi connectivity index (χ1) is 18.5. The Balaban J connectivity index is 1.41. The van der Waals surface area contributed by atoms with E-state index in [4.69, 9.17) is 4.74 Å². The molecule has 1 saturated carbocycles. The molecule has 9 heteroatoms. The number of ether oxygens (including phenoxy) is 1. The number of anilines is 1. The maximum Gasteiger partial charge on any atom is 0.267 e. The summed E-state index contributed by atoms with van der Waals surface area (Å²) in [6.07, 6.45) is 4.09. The van der Waals surface area contributed by atoms with Crippen molar-refractivity contribution in [2.24, 2.45) is 5.92 Å². The van der Waals surface area contributed by atoms with Gasteiger partial charge in [-0.1, -0.05) is 36.7 Å². The lowest BCUT2D eigenvalue weighted by Gasteiger charge is -2.36. The van der Waals surface area contributed by atoms with Crippen LogP contribution in [0.1, 0.15) is 31.2 Å². The topological polar surface area (TPSA) is 76.9 Å². The van der Waals surface area contributed by atoms with E-state index in [-0.39, 0.29) is 29.1 Å². The molecule has 0 aromatic heterocycles. The molecule has 3 aliphatic rings. The van der Waals surface area contributed by atoms with Crippen molar-refractivity contribution in [1.82, 2.24) is 9.80 Å². The van der Waals surface area contributed by atoms with E-state index in [1.165, 1.54) is 23.9 Å². The molecule has 196 valence electrons. The van der Waals surface area contributed by atoms with Gasteiger partial charge in [-0.15, -0.1) is 0 Å². The lowest BCUT2D eigenvalue weighted by atomic mass is 10.1. The van der Waals surface area contributed by atoms with E-state index in [0.29, 0.717) is 42.6 Å². The van der Waals surface area contributed by atoms with Crippen LogP contribution in [0.4, 0.5) is 10.1 Å². The molecule has 5 rings (SSSR count). The van der Waals surface area contributed by atoms with Crippen molar-refractivity contribution in [3.8, 4) is 11.8 Å². The molecule has 0 unspecified atom stereocenters. The fourth-order valence-corrected chi connectivity index (χ4v) is 6.25. The SMILES string of the molecule is COc1cccc(C2=CS/C(=C(/C#N)C(=O)N3CCN(C(=O)C4CCCC4)CC3)N2c2ccc(F)cc2)c1. The number of benzene rings is 2. The van der Waals surface area contributed by atoms with Gasteiger partial charge in [-0.05, 0) is 49.2 Å². The lowest BCUT2D eigenvalue weighted by Crippen LogP contribution is -2.52. The molecule has 0 atom stereocenters. The van der Waals surface area contributed by atoms with Gasteiger partial charge in [-0.3, -0.25) is 9.59 Å². The molecule has 1 saturated heterocycles. The average Bonchev–Trinajstić information content (AvgIpc) is 3.65. The minimum Gasteiger partial charge on any atom is -0.497 e. The van der Waals surface area contributed by atoms with Gasteiger partial charge in [0, 0.05) is 48.8 Å². The maximum absolute atomic E-state index is 13.8. The monoisotopic (exact) mass is 532 g/mol. The maximum atomic E-state index is 13.8. The van der Waals surface area contributed by atoms with Gasteiger partial charge in [0.2, 0.25) is 5.91 Å². The summed E-state index contributed by atoms with van der Waals surface area (Å²) in [5, 5.41) is 12.5. The van der Waals surface area contributed by atoms with E-state index in [1.54, 1.807) is 24.1 Å². The average molecular weight is 533 g/mol. The molecule has 0 bridgehead atoms. The van der Waals surface area contributed by atoms with E-state index in [9.17, 15) is 19.2 Å². The highest BCUT2D eigenvalue weighted by atomic mass is 32.2. The highest BCUT2D eigenvalue weighted by molar-refractivity contribution is 8.06. The zero-order valence-corrected chi connectivity index (χ0v) is 22.0. The van der Waals surface area contributed by atoms with Crippen LogP contribution in [-0.4, -0.2) is 54.9 Å². The summed E-state index contributed by atoms with van der Waals surface area (Å²) in [4.78, 5) is 31.8. The number of piperazine rings is 1. The molecule has 2 aromatic carbocycles. The summed E-state index contributed by atoms with van der Waals surface area (Å²) in [7, 11) is 1.59. The number of carbonyl (C=O) groups excluding carboxylic acids is 2. The van der Waals surface area contributed by atoms with Crippen LogP contribution in [0.2, 0.25) is 0 Å².